The van der Waals surface area contributed by atoms with E-state index in [1.165, 1.54) is 17.2 Å². The Balaban J connectivity index is 1.81. The van der Waals surface area contributed by atoms with Crippen molar-refractivity contribution in [2.75, 3.05) is 19.7 Å². The molecule has 0 amide bonds. The molecule has 2 aromatic carbocycles. The molecule has 0 fully saturated rings. The molecule has 0 aromatic heterocycles. The lowest BCUT2D eigenvalue weighted by atomic mass is 10.1. The number of hydrogen-bond donors (Lipinski definition) is 1. The van der Waals surface area contributed by atoms with Crippen LogP contribution in [0.25, 0.3) is 10.8 Å². The lowest BCUT2D eigenvalue weighted by Crippen LogP contribution is -2.18. The van der Waals surface area contributed by atoms with Crippen LogP contribution in [0.5, 0.6) is 5.75 Å². The van der Waals surface area contributed by atoms with Crippen LogP contribution in [0.4, 0.5) is 0 Å². The van der Waals surface area contributed by atoms with Gasteiger partial charge < -0.3 is 10.1 Å². The van der Waals surface area contributed by atoms with Gasteiger partial charge in [0.25, 0.3) is 0 Å². The van der Waals surface area contributed by atoms with E-state index >= 15 is 0 Å². The Hall–Kier alpha value is -1.54. The second kappa shape index (κ2) is 7.02. The standard InChI is InChI=1S/C16H21NO/c1-2-10-17-11-5-12-18-16-9-8-14-6-3-4-7-15(14)13-16/h3-4,6-9,13,17H,2,5,10-12H2,1H3. The van der Waals surface area contributed by atoms with Gasteiger partial charge in [-0.2, -0.15) is 0 Å². The second-order valence-electron chi connectivity index (χ2n) is 4.46. The van der Waals surface area contributed by atoms with E-state index in [-0.39, 0.29) is 0 Å². The maximum Gasteiger partial charge on any atom is 0.119 e. The molecule has 2 heteroatoms. The fourth-order valence-electron chi connectivity index (χ4n) is 1.95. The number of benzene rings is 2. The molecule has 0 unspecified atom stereocenters. The first kappa shape index (κ1) is 12.9. The van der Waals surface area contributed by atoms with E-state index in [1.807, 2.05) is 6.07 Å². The van der Waals surface area contributed by atoms with E-state index in [0.717, 1.165) is 31.9 Å². The molecule has 0 saturated carbocycles. The smallest absolute Gasteiger partial charge is 0.119 e. The molecular weight excluding hydrogens is 222 g/mol. The van der Waals surface area contributed by atoms with E-state index in [4.69, 9.17) is 4.74 Å². The van der Waals surface area contributed by atoms with Gasteiger partial charge in [0.1, 0.15) is 5.75 Å². The number of nitrogens with one attached hydrogen (secondary N) is 1. The van der Waals surface area contributed by atoms with Crippen molar-refractivity contribution in [2.45, 2.75) is 19.8 Å². The van der Waals surface area contributed by atoms with Crippen molar-refractivity contribution in [3.8, 4) is 5.75 Å². The normalized spacial score (nSPS) is 10.7. The lowest BCUT2D eigenvalue weighted by molar-refractivity contribution is 0.308. The molecule has 2 aromatic rings. The van der Waals surface area contributed by atoms with Gasteiger partial charge in [-0.15, -0.1) is 0 Å². The summed E-state index contributed by atoms with van der Waals surface area (Å²) in [5, 5.41) is 5.87. The molecule has 1 N–H and O–H groups in total. The molecule has 0 aliphatic heterocycles. The fraction of sp³-hybridized carbons (Fsp3) is 0.375. The van der Waals surface area contributed by atoms with Gasteiger partial charge in [-0.1, -0.05) is 37.3 Å². The van der Waals surface area contributed by atoms with Gasteiger partial charge in [0.05, 0.1) is 6.61 Å². The van der Waals surface area contributed by atoms with E-state index < -0.39 is 0 Å². The lowest BCUT2D eigenvalue weighted by Gasteiger charge is -2.07. The summed E-state index contributed by atoms with van der Waals surface area (Å²) in [7, 11) is 0. The molecular formula is C16H21NO. The zero-order valence-electron chi connectivity index (χ0n) is 11.0. The molecule has 0 radical (unpaired) electrons. The number of ether oxygens (including phenoxy) is 1. The Morgan fingerprint density at radius 3 is 2.67 bits per heavy atom. The first-order chi connectivity index (χ1) is 8.90. The van der Waals surface area contributed by atoms with Crippen LogP contribution in [0.2, 0.25) is 0 Å². The van der Waals surface area contributed by atoms with Crippen molar-refractivity contribution in [2.24, 2.45) is 0 Å². The summed E-state index contributed by atoms with van der Waals surface area (Å²) in [5.74, 6) is 0.962. The molecule has 0 heterocycles. The predicted molar refractivity (Wildman–Crippen MR) is 77.2 cm³/mol. The molecule has 96 valence electrons. The van der Waals surface area contributed by atoms with Crippen molar-refractivity contribution >= 4 is 10.8 Å². The van der Waals surface area contributed by atoms with Crippen LogP contribution >= 0.6 is 0 Å². The van der Waals surface area contributed by atoms with Crippen LogP contribution in [0.3, 0.4) is 0 Å². The van der Waals surface area contributed by atoms with Crippen molar-refractivity contribution in [1.29, 1.82) is 0 Å². The third-order valence-corrected chi connectivity index (χ3v) is 2.91. The molecule has 0 aliphatic rings. The second-order valence-corrected chi connectivity index (χ2v) is 4.46. The Kier molecular flexibility index (Phi) is 5.03. The highest BCUT2D eigenvalue weighted by Crippen LogP contribution is 2.20. The zero-order chi connectivity index (χ0) is 12.6. The highest BCUT2D eigenvalue weighted by Gasteiger charge is 1.96. The van der Waals surface area contributed by atoms with Crippen LogP contribution in [0, 0.1) is 0 Å². The maximum absolute atomic E-state index is 5.75. The summed E-state index contributed by atoms with van der Waals surface area (Å²) in [6.45, 7) is 5.07. The summed E-state index contributed by atoms with van der Waals surface area (Å²) in [6, 6.07) is 14.6. The molecule has 2 nitrogen and oxygen atoms in total. The molecule has 0 aliphatic carbocycles. The number of hydrogen-bond acceptors (Lipinski definition) is 2. The first-order valence-electron chi connectivity index (χ1n) is 6.72. The SMILES string of the molecule is CCCNCCCOc1ccc2ccccc2c1. The van der Waals surface area contributed by atoms with E-state index in [1.54, 1.807) is 0 Å². The summed E-state index contributed by atoms with van der Waals surface area (Å²) < 4.78 is 5.75. The Bertz CT molecular complexity index is 481. The summed E-state index contributed by atoms with van der Waals surface area (Å²) in [6.07, 6.45) is 2.23. The minimum Gasteiger partial charge on any atom is -0.494 e. The Morgan fingerprint density at radius 1 is 1.00 bits per heavy atom. The highest BCUT2D eigenvalue weighted by molar-refractivity contribution is 5.83. The summed E-state index contributed by atoms with van der Waals surface area (Å²) in [4.78, 5) is 0. The van der Waals surface area contributed by atoms with Gasteiger partial charge in [0.15, 0.2) is 0 Å². The number of rotatable bonds is 7. The maximum atomic E-state index is 5.75. The number of fused-ring (bicyclic) bond motifs is 1. The average Bonchev–Trinajstić information content (AvgIpc) is 2.42. The molecule has 0 saturated heterocycles. The molecule has 0 atom stereocenters. The van der Waals surface area contributed by atoms with Gasteiger partial charge in [0, 0.05) is 0 Å². The van der Waals surface area contributed by atoms with Gasteiger partial charge in [0.2, 0.25) is 0 Å². The van der Waals surface area contributed by atoms with Gasteiger partial charge in [-0.05, 0) is 48.8 Å². The minimum atomic E-state index is 0.773. The molecule has 2 rings (SSSR count). The topological polar surface area (TPSA) is 21.3 Å². The predicted octanol–water partition coefficient (Wildman–Crippen LogP) is 3.61. The molecule has 0 spiro atoms. The summed E-state index contributed by atoms with van der Waals surface area (Å²) in [5.41, 5.74) is 0. The van der Waals surface area contributed by atoms with Crippen molar-refractivity contribution in [3.63, 3.8) is 0 Å². The quantitative estimate of drug-likeness (QED) is 0.750. The molecule has 0 bridgehead atoms. The van der Waals surface area contributed by atoms with Gasteiger partial charge in [-0.25, -0.2) is 0 Å². The van der Waals surface area contributed by atoms with E-state index in [9.17, 15) is 0 Å². The van der Waals surface area contributed by atoms with Crippen LogP contribution in [0.1, 0.15) is 19.8 Å². The van der Waals surface area contributed by atoms with Crippen LogP contribution in [-0.4, -0.2) is 19.7 Å². The summed E-state index contributed by atoms with van der Waals surface area (Å²) >= 11 is 0. The monoisotopic (exact) mass is 243 g/mol. The zero-order valence-corrected chi connectivity index (χ0v) is 11.0. The van der Waals surface area contributed by atoms with Crippen molar-refractivity contribution in [1.82, 2.24) is 5.32 Å². The third-order valence-electron chi connectivity index (χ3n) is 2.91. The van der Waals surface area contributed by atoms with E-state index in [0.29, 0.717) is 0 Å². The van der Waals surface area contributed by atoms with Gasteiger partial charge in [-0.3, -0.25) is 0 Å². The molecule has 18 heavy (non-hydrogen) atoms. The van der Waals surface area contributed by atoms with Crippen molar-refractivity contribution in [3.05, 3.63) is 42.5 Å². The minimum absolute atomic E-state index is 0.773. The van der Waals surface area contributed by atoms with E-state index in [2.05, 4.69) is 48.6 Å². The first-order valence-corrected chi connectivity index (χ1v) is 6.72. The Morgan fingerprint density at radius 2 is 1.83 bits per heavy atom. The fourth-order valence-corrected chi connectivity index (χ4v) is 1.95. The average molecular weight is 243 g/mol. The van der Waals surface area contributed by atoms with Crippen LogP contribution < -0.4 is 10.1 Å². The van der Waals surface area contributed by atoms with Gasteiger partial charge >= 0.3 is 0 Å². The third kappa shape index (κ3) is 3.74. The highest BCUT2D eigenvalue weighted by atomic mass is 16.5. The largest absolute Gasteiger partial charge is 0.494 e. The van der Waals surface area contributed by atoms with Crippen LogP contribution in [0.15, 0.2) is 42.5 Å². The Labute approximate surface area is 109 Å². The van der Waals surface area contributed by atoms with Crippen molar-refractivity contribution < 1.29 is 4.74 Å². The van der Waals surface area contributed by atoms with Crippen LogP contribution in [-0.2, 0) is 0 Å².